The lowest BCUT2D eigenvalue weighted by molar-refractivity contribution is -0.147. The highest BCUT2D eigenvalue weighted by Gasteiger charge is 2.40. The first-order chi connectivity index (χ1) is 13.3. The fourth-order valence-electron chi connectivity index (χ4n) is 4.13. The van der Waals surface area contributed by atoms with Crippen LogP contribution in [0.3, 0.4) is 0 Å². The second kappa shape index (κ2) is 10.8. The Morgan fingerprint density at radius 3 is 2.14 bits per heavy atom. The van der Waals surface area contributed by atoms with Crippen molar-refractivity contribution in [2.45, 2.75) is 91.3 Å². The molecule has 0 heterocycles. The minimum atomic E-state index is -0.780. The maximum atomic E-state index is 13.3. The summed E-state index contributed by atoms with van der Waals surface area (Å²) in [7, 11) is 0. The van der Waals surface area contributed by atoms with Gasteiger partial charge in [-0.25, -0.2) is 0 Å². The number of rotatable bonds is 11. The van der Waals surface area contributed by atoms with Gasteiger partial charge in [0.05, 0.1) is 6.10 Å². The van der Waals surface area contributed by atoms with Crippen LogP contribution in [0, 0.1) is 11.8 Å². The highest BCUT2D eigenvalue weighted by molar-refractivity contribution is 5.97. The lowest BCUT2D eigenvalue weighted by Gasteiger charge is -2.35. The van der Waals surface area contributed by atoms with Crippen LogP contribution in [0.2, 0.25) is 0 Å². The smallest absolute Gasteiger partial charge is 0.256 e. The number of carbonyl (C=O) groups excluding carboxylic acids is 1. The molecule has 1 aliphatic carbocycles. The van der Waals surface area contributed by atoms with E-state index in [2.05, 4.69) is 39.9 Å². The van der Waals surface area contributed by atoms with Gasteiger partial charge in [-0.05, 0) is 81.0 Å². The third-order valence-corrected chi connectivity index (χ3v) is 5.19. The van der Waals surface area contributed by atoms with Crippen molar-refractivity contribution in [2.75, 3.05) is 11.9 Å². The van der Waals surface area contributed by atoms with Gasteiger partial charge in [-0.15, -0.1) is 0 Å². The molecular formula is C24H39NO3. The number of hydrogen-bond acceptors (Lipinski definition) is 3. The molecule has 1 fully saturated rings. The summed E-state index contributed by atoms with van der Waals surface area (Å²) < 4.78 is 12.2. The molecule has 0 aliphatic heterocycles. The molecule has 0 atom stereocenters. The second-order valence-corrected chi connectivity index (χ2v) is 9.04. The van der Waals surface area contributed by atoms with Gasteiger partial charge in [-0.2, -0.15) is 0 Å². The van der Waals surface area contributed by atoms with Crippen molar-refractivity contribution in [1.82, 2.24) is 0 Å². The molecule has 2 rings (SSSR count). The van der Waals surface area contributed by atoms with Gasteiger partial charge in [0.15, 0.2) is 0 Å². The van der Waals surface area contributed by atoms with Gasteiger partial charge >= 0.3 is 0 Å². The molecule has 1 N–H and O–H groups in total. The number of ether oxygens (including phenoxy) is 2. The van der Waals surface area contributed by atoms with E-state index in [1.165, 1.54) is 12.8 Å². The summed E-state index contributed by atoms with van der Waals surface area (Å²) in [6, 6.07) is 7.76. The third kappa shape index (κ3) is 6.80. The van der Waals surface area contributed by atoms with Crippen molar-refractivity contribution in [2.24, 2.45) is 11.8 Å². The van der Waals surface area contributed by atoms with Crippen LogP contribution in [0.1, 0.15) is 79.6 Å². The van der Waals surface area contributed by atoms with E-state index in [0.29, 0.717) is 24.5 Å². The van der Waals surface area contributed by atoms with Crippen molar-refractivity contribution in [3.8, 4) is 5.75 Å². The molecule has 0 radical (unpaired) electrons. The first-order valence-corrected chi connectivity index (χ1v) is 11.1. The largest absolute Gasteiger partial charge is 0.490 e. The molecule has 0 saturated heterocycles. The molecule has 158 valence electrons. The monoisotopic (exact) mass is 389 g/mol. The molecule has 4 nitrogen and oxygen atoms in total. The van der Waals surface area contributed by atoms with E-state index in [0.717, 1.165) is 43.5 Å². The molecular weight excluding hydrogens is 350 g/mol. The zero-order valence-corrected chi connectivity index (χ0v) is 18.4. The fraction of sp³-hybridized carbons (Fsp3) is 0.708. The van der Waals surface area contributed by atoms with Crippen molar-refractivity contribution >= 4 is 11.6 Å². The van der Waals surface area contributed by atoms with Gasteiger partial charge in [-0.3, -0.25) is 4.79 Å². The van der Waals surface area contributed by atoms with E-state index in [1.54, 1.807) is 0 Å². The standard InChI is InChI=1S/C24H39NO3/c1-6-15-27-24(16-18(2)3,17-19(4)5)23(26)25-20-11-13-22(14-12-20)28-21-9-7-8-10-21/h11-14,18-19,21H,6-10,15-17H2,1-5H3,(H,25,26). The predicted molar refractivity (Wildman–Crippen MR) is 116 cm³/mol. The number of anilines is 1. The molecule has 4 heteroatoms. The van der Waals surface area contributed by atoms with E-state index in [-0.39, 0.29) is 5.91 Å². The van der Waals surface area contributed by atoms with Crippen molar-refractivity contribution < 1.29 is 14.3 Å². The second-order valence-electron chi connectivity index (χ2n) is 9.04. The number of hydrogen-bond donors (Lipinski definition) is 1. The molecule has 0 bridgehead atoms. The Hall–Kier alpha value is -1.55. The Morgan fingerprint density at radius 1 is 1.07 bits per heavy atom. The van der Waals surface area contributed by atoms with Crippen LogP contribution in [0.15, 0.2) is 24.3 Å². The highest BCUT2D eigenvalue weighted by Crippen LogP contribution is 2.31. The topological polar surface area (TPSA) is 47.6 Å². The first-order valence-electron chi connectivity index (χ1n) is 11.1. The molecule has 28 heavy (non-hydrogen) atoms. The minimum absolute atomic E-state index is 0.0344. The normalized spacial score (nSPS) is 15.4. The van der Waals surface area contributed by atoms with Gasteiger partial charge in [-0.1, -0.05) is 34.6 Å². The average Bonchev–Trinajstić information content (AvgIpc) is 3.13. The van der Waals surface area contributed by atoms with E-state index in [9.17, 15) is 4.79 Å². The van der Waals surface area contributed by atoms with E-state index in [1.807, 2.05) is 24.3 Å². The summed E-state index contributed by atoms with van der Waals surface area (Å²) in [4.78, 5) is 13.3. The summed E-state index contributed by atoms with van der Waals surface area (Å²) in [5.74, 6) is 1.60. The Balaban J connectivity index is 2.09. The predicted octanol–water partition coefficient (Wildman–Crippen LogP) is 6.20. The van der Waals surface area contributed by atoms with E-state index >= 15 is 0 Å². The molecule has 0 aromatic heterocycles. The van der Waals surface area contributed by atoms with Gasteiger partial charge in [0.25, 0.3) is 5.91 Å². The van der Waals surface area contributed by atoms with Crippen molar-refractivity contribution in [1.29, 1.82) is 0 Å². The number of amides is 1. The Labute approximate surface area is 171 Å². The van der Waals surface area contributed by atoms with Crippen LogP contribution in [0.25, 0.3) is 0 Å². The Morgan fingerprint density at radius 2 is 1.64 bits per heavy atom. The summed E-state index contributed by atoms with van der Waals surface area (Å²) in [6.07, 6.45) is 7.47. The van der Waals surface area contributed by atoms with Crippen LogP contribution in [0.5, 0.6) is 5.75 Å². The SMILES string of the molecule is CCCOC(CC(C)C)(CC(C)C)C(=O)Nc1ccc(OC2CCCC2)cc1. The maximum absolute atomic E-state index is 13.3. The number of benzene rings is 1. The van der Waals surface area contributed by atoms with Gasteiger partial charge in [0.1, 0.15) is 11.4 Å². The Kier molecular flexibility index (Phi) is 8.81. The molecule has 1 saturated carbocycles. The lowest BCUT2D eigenvalue weighted by Crippen LogP contribution is -2.47. The molecule has 0 unspecified atom stereocenters. The van der Waals surface area contributed by atoms with E-state index < -0.39 is 5.60 Å². The molecule has 1 amide bonds. The van der Waals surface area contributed by atoms with Crippen LogP contribution in [-0.2, 0) is 9.53 Å². The zero-order valence-electron chi connectivity index (χ0n) is 18.4. The van der Waals surface area contributed by atoms with Gasteiger partial charge in [0, 0.05) is 12.3 Å². The zero-order chi connectivity index (χ0) is 20.6. The molecule has 0 spiro atoms. The molecule has 1 aromatic rings. The Bertz CT molecular complexity index is 578. The summed E-state index contributed by atoms with van der Waals surface area (Å²) in [5.41, 5.74) is 0.0120. The summed E-state index contributed by atoms with van der Waals surface area (Å²) in [6.45, 7) is 11.3. The van der Waals surface area contributed by atoms with Crippen LogP contribution < -0.4 is 10.1 Å². The first kappa shape index (κ1) is 22.7. The van der Waals surface area contributed by atoms with E-state index in [4.69, 9.17) is 9.47 Å². The van der Waals surface area contributed by atoms with Gasteiger partial charge < -0.3 is 14.8 Å². The highest BCUT2D eigenvalue weighted by atomic mass is 16.5. The quantitative estimate of drug-likeness (QED) is 0.490. The van der Waals surface area contributed by atoms with Crippen molar-refractivity contribution in [3.63, 3.8) is 0 Å². The maximum Gasteiger partial charge on any atom is 0.256 e. The van der Waals surface area contributed by atoms with Crippen LogP contribution >= 0.6 is 0 Å². The average molecular weight is 390 g/mol. The summed E-state index contributed by atoms with van der Waals surface area (Å²) >= 11 is 0. The molecule has 1 aliphatic rings. The third-order valence-electron chi connectivity index (χ3n) is 5.19. The minimum Gasteiger partial charge on any atom is -0.490 e. The van der Waals surface area contributed by atoms with Crippen LogP contribution in [0.4, 0.5) is 5.69 Å². The number of carbonyl (C=O) groups is 1. The van der Waals surface area contributed by atoms with Gasteiger partial charge in [0.2, 0.25) is 0 Å². The lowest BCUT2D eigenvalue weighted by atomic mass is 9.83. The molecule has 1 aromatic carbocycles. The fourth-order valence-corrected chi connectivity index (χ4v) is 4.13. The van der Waals surface area contributed by atoms with Crippen LogP contribution in [-0.4, -0.2) is 24.2 Å². The number of nitrogens with one attached hydrogen (secondary N) is 1. The summed E-state index contributed by atoms with van der Waals surface area (Å²) in [5, 5.41) is 3.10. The van der Waals surface area contributed by atoms with Crippen molar-refractivity contribution in [3.05, 3.63) is 24.3 Å².